The molecule has 0 atom stereocenters. The molecule has 1 saturated heterocycles. The van der Waals surface area contributed by atoms with E-state index < -0.39 is 15.5 Å². The lowest BCUT2D eigenvalue weighted by molar-refractivity contribution is -0.0494. The summed E-state index contributed by atoms with van der Waals surface area (Å²) in [7, 11) is -5.43. The maximum absolute atomic E-state index is 13.3. The minimum atomic E-state index is -5.43. The molecule has 426 valence electrons. The van der Waals surface area contributed by atoms with Gasteiger partial charge in [0, 0.05) is 58.8 Å². The zero-order valence-corrected chi connectivity index (χ0v) is 45.2. The van der Waals surface area contributed by atoms with Crippen molar-refractivity contribution in [3.8, 4) is 5.88 Å². The van der Waals surface area contributed by atoms with Crippen molar-refractivity contribution < 1.29 is 78.4 Å². The monoisotopic (exact) mass is 1140 g/mol. The zero-order chi connectivity index (χ0) is 54.1. The van der Waals surface area contributed by atoms with Gasteiger partial charge in [-0.1, -0.05) is 53.5 Å². The second-order valence-electron chi connectivity index (χ2n) is 17.0. The number of alkyl halides is 3. The van der Waals surface area contributed by atoms with E-state index in [2.05, 4.69) is 5.32 Å². The number of benzene rings is 3. The fraction of sp³-hybridized carbons (Fsp3) is 0.596. The Morgan fingerprint density at radius 1 is 0.539 bits per heavy atom. The van der Waals surface area contributed by atoms with Crippen molar-refractivity contribution in [2.24, 2.45) is 5.73 Å². The molecular weight excluding hydrogens is 1060 g/mol. The predicted molar refractivity (Wildman–Crippen MR) is 282 cm³/mol. The Labute approximate surface area is 454 Å². The van der Waals surface area contributed by atoms with Gasteiger partial charge in [0.15, 0.2) is 0 Å². The van der Waals surface area contributed by atoms with Crippen LogP contribution in [-0.2, 0) is 62.1 Å². The fourth-order valence-corrected chi connectivity index (χ4v) is 8.91. The maximum atomic E-state index is 13.3. The molecule has 2 heterocycles. The van der Waals surface area contributed by atoms with Gasteiger partial charge in [0.25, 0.3) is 0 Å². The van der Waals surface area contributed by atoms with Crippen molar-refractivity contribution in [1.82, 2.24) is 9.29 Å². The van der Waals surface area contributed by atoms with E-state index in [1.54, 1.807) is 6.07 Å². The lowest BCUT2D eigenvalue weighted by Crippen LogP contribution is -2.47. The smallest absolute Gasteiger partial charge is 0.475 e. The number of pyridine rings is 1. The van der Waals surface area contributed by atoms with Crippen molar-refractivity contribution in [3.63, 3.8) is 0 Å². The van der Waals surface area contributed by atoms with Gasteiger partial charge in [0.05, 0.1) is 151 Å². The van der Waals surface area contributed by atoms with Crippen molar-refractivity contribution in [1.29, 1.82) is 0 Å². The molecule has 18 nitrogen and oxygen atoms in total. The molecule has 0 bridgehead atoms. The summed E-state index contributed by atoms with van der Waals surface area (Å²) in [6.07, 6.45) is 0.305. The third-order valence-electron chi connectivity index (χ3n) is 11.5. The summed E-state index contributed by atoms with van der Waals surface area (Å²) in [6, 6.07) is 22.5. The van der Waals surface area contributed by atoms with E-state index in [1.807, 2.05) is 66.7 Å². The summed E-state index contributed by atoms with van der Waals surface area (Å²) in [4.78, 5) is 4.78. The average Bonchev–Trinajstić information content (AvgIpc) is 3.41. The highest BCUT2D eigenvalue weighted by atomic mass is 35.5. The van der Waals surface area contributed by atoms with Crippen molar-refractivity contribution in [2.75, 3.05) is 177 Å². The molecule has 0 saturated carbocycles. The number of nitrogens with two attached hydrogens (primary N) is 1. The first-order valence-corrected chi connectivity index (χ1v) is 27.6. The molecule has 1 aliphatic heterocycles. The molecule has 1 aliphatic rings. The molecule has 4 aromatic rings. The van der Waals surface area contributed by atoms with Crippen molar-refractivity contribution in [2.45, 2.75) is 30.3 Å². The number of sulfonamides is 1. The van der Waals surface area contributed by atoms with E-state index in [9.17, 15) is 21.6 Å². The van der Waals surface area contributed by atoms with E-state index in [-0.39, 0.29) is 51.1 Å². The Morgan fingerprint density at radius 2 is 0.895 bits per heavy atom. The highest BCUT2D eigenvalue weighted by Crippen LogP contribution is 2.38. The molecule has 76 heavy (non-hydrogen) atoms. The number of anilines is 1. The Bertz CT molecular complexity index is 2250. The second-order valence-corrected chi connectivity index (χ2v) is 19.8. The van der Waals surface area contributed by atoms with Gasteiger partial charge in [-0.3, -0.25) is 0 Å². The van der Waals surface area contributed by atoms with Gasteiger partial charge < -0.3 is 67.9 Å². The summed E-state index contributed by atoms with van der Waals surface area (Å²) in [5, 5.41) is 5.41. The molecule has 0 amide bonds. The van der Waals surface area contributed by atoms with Gasteiger partial charge in [-0.15, -0.1) is 0 Å². The van der Waals surface area contributed by atoms with E-state index >= 15 is 0 Å². The number of nitrogens with zero attached hydrogens (tertiary/aromatic N) is 2. The molecule has 3 N–H and O–H groups in total. The van der Waals surface area contributed by atoms with Gasteiger partial charge in [-0.2, -0.15) is 17.5 Å². The average molecular weight is 1140 g/mol. The van der Waals surface area contributed by atoms with Crippen LogP contribution in [0.25, 0.3) is 10.9 Å². The predicted octanol–water partition coefficient (Wildman–Crippen LogP) is 6.97. The van der Waals surface area contributed by atoms with E-state index in [4.69, 9.17) is 90.8 Å². The Balaban J connectivity index is 0.914. The number of piperidine rings is 1. The maximum Gasteiger partial charge on any atom is 0.511 e. The standard InChI is InChI=1S/C52H73Cl2F3N4O14S/c53-44-6-1-41(2-7-44)51(42-3-8-45(54)9-4-42)43-5-10-48-47(39-43)49(59-46-11-14-61(15-12-46)76(62,63)52(55,56)57)40-50(60-48)75-38-37-74-36-35-73-34-33-72-32-31-71-30-29-70-28-27-69-26-25-68-24-23-67-22-21-66-20-19-65-18-17-64-16-13-58/h1-10,39-40,46,51H,11-38,58H2,(H,59,60). The van der Waals surface area contributed by atoms with E-state index in [0.717, 1.165) is 22.1 Å². The van der Waals surface area contributed by atoms with Crippen molar-refractivity contribution in [3.05, 3.63) is 99.5 Å². The Hall–Kier alpha value is -3.53. The normalized spacial score (nSPS) is 13.8. The lowest BCUT2D eigenvalue weighted by Gasteiger charge is -2.32. The van der Waals surface area contributed by atoms with Crippen LogP contribution in [0.5, 0.6) is 5.88 Å². The Morgan fingerprint density at radius 3 is 1.26 bits per heavy atom. The zero-order valence-electron chi connectivity index (χ0n) is 42.9. The molecule has 0 radical (unpaired) electrons. The summed E-state index contributed by atoms with van der Waals surface area (Å²) in [5.41, 5.74) is 4.13. The summed E-state index contributed by atoms with van der Waals surface area (Å²) >= 11 is 12.5. The number of ether oxygens (including phenoxy) is 12. The first-order valence-electron chi connectivity index (χ1n) is 25.4. The van der Waals surface area contributed by atoms with Crippen LogP contribution in [0.2, 0.25) is 10.0 Å². The fourth-order valence-electron chi connectivity index (χ4n) is 7.68. The van der Waals surface area contributed by atoms with Crippen molar-refractivity contribution >= 4 is 49.8 Å². The molecule has 1 aromatic heterocycles. The third-order valence-corrected chi connectivity index (χ3v) is 13.6. The number of hydrogen-bond acceptors (Lipinski definition) is 17. The molecule has 5 rings (SSSR count). The molecule has 0 unspecified atom stereocenters. The van der Waals surface area contributed by atoms with Crippen LogP contribution in [-0.4, -0.2) is 201 Å². The van der Waals surface area contributed by atoms with Crippen LogP contribution in [0.3, 0.4) is 0 Å². The molecule has 3 aromatic carbocycles. The molecule has 1 fully saturated rings. The minimum absolute atomic E-state index is 0.153. The molecule has 0 aliphatic carbocycles. The summed E-state index contributed by atoms with van der Waals surface area (Å²) in [6.45, 7) is 9.94. The van der Waals surface area contributed by atoms with Gasteiger partial charge in [-0.25, -0.2) is 13.4 Å². The quantitative estimate of drug-likeness (QED) is 0.0340. The SMILES string of the molecule is NCCOCCOCCOCCOCCOCCOCCOCCOCCOCCOCCOCCOc1cc(NC2CCN(S(=O)(=O)C(F)(F)F)CC2)c2cc(C(c3ccc(Cl)cc3)c3ccc(Cl)cc3)ccc2n1. The van der Waals surface area contributed by atoms with Gasteiger partial charge in [0.1, 0.15) is 6.61 Å². The number of fused-ring (bicyclic) bond motifs is 1. The van der Waals surface area contributed by atoms with E-state index in [1.165, 1.54) is 0 Å². The molecule has 24 heteroatoms. The largest absolute Gasteiger partial charge is 0.511 e. The lowest BCUT2D eigenvalue weighted by atomic mass is 9.84. The Kier molecular flexibility index (Phi) is 30.5. The third kappa shape index (κ3) is 23.8. The van der Waals surface area contributed by atoms with Crippen LogP contribution >= 0.6 is 23.2 Å². The number of nitrogens with one attached hydrogen (secondary N) is 1. The van der Waals surface area contributed by atoms with Crippen LogP contribution in [0, 0.1) is 0 Å². The minimum Gasteiger partial charge on any atom is -0.475 e. The van der Waals surface area contributed by atoms with Crippen LogP contribution in [0.15, 0.2) is 72.8 Å². The number of aromatic nitrogens is 1. The first kappa shape index (κ1) is 63.3. The van der Waals surface area contributed by atoms with E-state index in [0.29, 0.717) is 177 Å². The summed E-state index contributed by atoms with van der Waals surface area (Å²) < 4.78 is 131. The second kappa shape index (κ2) is 36.6. The van der Waals surface area contributed by atoms with Crippen LogP contribution in [0.4, 0.5) is 18.9 Å². The van der Waals surface area contributed by atoms with Crippen LogP contribution < -0.4 is 15.8 Å². The topological polar surface area (TPSA) is 199 Å². The van der Waals surface area contributed by atoms with Gasteiger partial charge in [0.2, 0.25) is 5.88 Å². The summed E-state index contributed by atoms with van der Waals surface area (Å²) in [5.74, 6) is 0.0903. The van der Waals surface area contributed by atoms with Gasteiger partial charge in [-0.05, 0) is 65.9 Å². The van der Waals surface area contributed by atoms with Crippen LogP contribution in [0.1, 0.15) is 35.4 Å². The van der Waals surface area contributed by atoms with Gasteiger partial charge >= 0.3 is 15.5 Å². The number of rotatable bonds is 42. The number of hydrogen-bond donors (Lipinski definition) is 2. The molecule has 0 spiro atoms. The highest BCUT2D eigenvalue weighted by Gasteiger charge is 2.50. The molecular formula is C52H73Cl2F3N4O14S. The highest BCUT2D eigenvalue weighted by molar-refractivity contribution is 7.90. The number of halogens is 5. The first-order chi connectivity index (χ1) is 37.0.